The number of quaternary nitrogens is 1. The monoisotopic (exact) mass is 369 g/mol. The maximum absolute atomic E-state index is 12.8. The Kier molecular flexibility index (Phi) is 6.78. The summed E-state index contributed by atoms with van der Waals surface area (Å²) >= 11 is 0. The zero-order valence-electron chi connectivity index (χ0n) is 15.0. The summed E-state index contributed by atoms with van der Waals surface area (Å²) in [6.45, 7) is 1.43. The molecule has 146 valence electrons. The molecular weight excluding hydrogens is 340 g/mol. The minimum atomic E-state index is -1.23. The quantitative estimate of drug-likeness (QED) is 0.198. The van der Waals surface area contributed by atoms with Crippen molar-refractivity contribution in [3.05, 3.63) is 0 Å². The average Bonchev–Trinajstić information content (AvgIpc) is 3.25. The number of nitrogens with zero attached hydrogens (tertiary/aromatic N) is 2. The van der Waals surface area contributed by atoms with Gasteiger partial charge in [-0.3, -0.25) is 26.0 Å². The fourth-order valence-electron chi connectivity index (χ4n) is 3.69. The lowest BCUT2D eigenvalue weighted by atomic mass is 10.1. The van der Waals surface area contributed by atoms with E-state index in [2.05, 4.69) is 10.7 Å². The van der Waals surface area contributed by atoms with Crippen LogP contribution in [0.3, 0.4) is 0 Å². The van der Waals surface area contributed by atoms with Crippen LogP contribution in [0.1, 0.15) is 38.5 Å². The van der Waals surface area contributed by atoms with Gasteiger partial charge in [0.15, 0.2) is 6.04 Å². The van der Waals surface area contributed by atoms with Gasteiger partial charge in [0, 0.05) is 19.5 Å². The van der Waals surface area contributed by atoms with Crippen molar-refractivity contribution in [2.45, 2.75) is 56.7 Å². The van der Waals surface area contributed by atoms with E-state index < -0.39 is 24.1 Å². The van der Waals surface area contributed by atoms with Crippen molar-refractivity contribution in [3.63, 3.8) is 0 Å². The van der Waals surface area contributed by atoms with E-state index in [4.69, 9.17) is 11.5 Å². The summed E-state index contributed by atoms with van der Waals surface area (Å²) in [6, 6.07) is -1.96. The molecule has 0 spiro atoms. The van der Waals surface area contributed by atoms with E-state index in [1.54, 1.807) is 4.90 Å². The van der Waals surface area contributed by atoms with Gasteiger partial charge in [0.05, 0.1) is 18.6 Å². The minimum Gasteiger partial charge on any atom is -0.548 e. The third-order valence-electron chi connectivity index (χ3n) is 5.04. The molecule has 10 heteroatoms. The molecule has 10 nitrogen and oxygen atoms in total. The Balaban J connectivity index is 1.95. The van der Waals surface area contributed by atoms with Gasteiger partial charge in [0.1, 0.15) is 6.04 Å². The summed E-state index contributed by atoms with van der Waals surface area (Å²) in [5.74, 6) is -1.56. The number of nitrogens with two attached hydrogens (primary N) is 2. The number of aliphatic carboxylic acids is 1. The first-order valence-electron chi connectivity index (χ1n) is 9.09. The normalized spacial score (nSPS) is 23.7. The number of carboxylic acids is 1. The van der Waals surface area contributed by atoms with E-state index in [-0.39, 0.29) is 17.8 Å². The first-order chi connectivity index (χ1) is 12.3. The molecule has 2 aliphatic heterocycles. The highest BCUT2D eigenvalue weighted by Gasteiger charge is 2.41. The molecule has 0 bridgehead atoms. The molecule has 0 saturated carbocycles. The lowest BCUT2D eigenvalue weighted by Gasteiger charge is -2.32. The maximum Gasteiger partial charge on any atom is 0.338 e. The predicted molar refractivity (Wildman–Crippen MR) is 89.6 cm³/mol. The molecule has 0 unspecified atom stereocenters. The van der Waals surface area contributed by atoms with Crippen LogP contribution in [-0.4, -0.2) is 71.3 Å². The molecule has 2 amide bonds. The second-order valence-corrected chi connectivity index (χ2v) is 6.92. The largest absolute Gasteiger partial charge is 0.548 e. The van der Waals surface area contributed by atoms with Crippen LogP contribution in [0.5, 0.6) is 0 Å². The predicted octanol–water partition coefficient (Wildman–Crippen LogP) is -5.54. The van der Waals surface area contributed by atoms with E-state index in [0.29, 0.717) is 51.7 Å². The van der Waals surface area contributed by atoms with Crippen LogP contribution in [-0.2, 0) is 14.4 Å². The Bertz CT molecular complexity index is 577. The van der Waals surface area contributed by atoms with Crippen LogP contribution in [0.2, 0.25) is 0 Å². The second-order valence-electron chi connectivity index (χ2n) is 6.92. The molecule has 8 N–H and O–H groups in total. The summed E-state index contributed by atoms with van der Waals surface area (Å²) in [5, 5.41) is 11.2. The van der Waals surface area contributed by atoms with E-state index in [0.717, 1.165) is 6.42 Å². The Morgan fingerprint density at radius 1 is 1.12 bits per heavy atom. The van der Waals surface area contributed by atoms with Crippen molar-refractivity contribution in [3.8, 4) is 0 Å². The number of likely N-dealkylation sites (tertiary alicyclic amines) is 2. The van der Waals surface area contributed by atoms with Gasteiger partial charge in [0.25, 0.3) is 5.91 Å². The highest BCUT2D eigenvalue weighted by atomic mass is 16.4. The summed E-state index contributed by atoms with van der Waals surface area (Å²) in [7, 11) is 0. The van der Waals surface area contributed by atoms with E-state index in [9.17, 15) is 19.5 Å². The SMILES string of the molecule is NC(N)=[NH+]CCC[C@H]([NH3+])C(=O)N1CCC[C@H]1C(=O)N1CCC[C@H]1C(=O)[O-]. The molecule has 2 aliphatic rings. The zero-order chi connectivity index (χ0) is 19.3. The lowest BCUT2D eigenvalue weighted by Crippen LogP contribution is -2.78. The van der Waals surface area contributed by atoms with Gasteiger partial charge in [-0.1, -0.05) is 0 Å². The average molecular weight is 369 g/mol. The van der Waals surface area contributed by atoms with Gasteiger partial charge in [-0.05, 0) is 32.1 Å². The van der Waals surface area contributed by atoms with Gasteiger partial charge in [-0.15, -0.1) is 0 Å². The molecule has 0 aromatic carbocycles. The Hall–Kier alpha value is -2.36. The van der Waals surface area contributed by atoms with Gasteiger partial charge < -0.3 is 25.4 Å². The van der Waals surface area contributed by atoms with Crippen LogP contribution in [0.15, 0.2) is 0 Å². The summed E-state index contributed by atoms with van der Waals surface area (Å²) in [4.78, 5) is 42.4. The molecule has 2 fully saturated rings. The molecule has 2 heterocycles. The van der Waals surface area contributed by atoms with Crippen LogP contribution in [0, 0.1) is 0 Å². The van der Waals surface area contributed by atoms with E-state index >= 15 is 0 Å². The summed E-state index contributed by atoms with van der Waals surface area (Å²) in [6.07, 6.45) is 3.52. The number of amides is 2. The third kappa shape index (κ3) is 4.63. The fraction of sp³-hybridized carbons (Fsp3) is 0.750. The van der Waals surface area contributed by atoms with Crippen LogP contribution in [0.4, 0.5) is 0 Å². The molecule has 26 heavy (non-hydrogen) atoms. The van der Waals surface area contributed by atoms with Gasteiger partial charge in [0.2, 0.25) is 5.91 Å². The second kappa shape index (κ2) is 8.84. The fourth-order valence-corrected chi connectivity index (χ4v) is 3.69. The van der Waals surface area contributed by atoms with Gasteiger partial charge in [-0.25, -0.2) is 0 Å². The Morgan fingerprint density at radius 2 is 1.73 bits per heavy atom. The van der Waals surface area contributed by atoms with E-state index in [1.165, 1.54) is 4.90 Å². The number of carbonyl (C=O) groups is 3. The van der Waals surface area contributed by atoms with Crippen molar-refractivity contribution in [1.29, 1.82) is 0 Å². The van der Waals surface area contributed by atoms with Crippen molar-refractivity contribution in [2.24, 2.45) is 11.5 Å². The van der Waals surface area contributed by atoms with Crippen molar-refractivity contribution < 1.29 is 30.2 Å². The summed E-state index contributed by atoms with van der Waals surface area (Å²) < 4.78 is 0. The Labute approximate surface area is 152 Å². The number of carbonyl (C=O) groups excluding carboxylic acids is 3. The highest BCUT2D eigenvalue weighted by Crippen LogP contribution is 2.25. The van der Waals surface area contributed by atoms with Gasteiger partial charge in [-0.2, -0.15) is 0 Å². The highest BCUT2D eigenvalue weighted by molar-refractivity contribution is 5.92. The van der Waals surface area contributed by atoms with Gasteiger partial charge >= 0.3 is 5.96 Å². The number of hydrogen-bond acceptors (Lipinski definition) is 4. The zero-order valence-corrected chi connectivity index (χ0v) is 15.0. The summed E-state index contributed by atoms with van der Waals surface area (Å²) in [5.41, 5.74) is 14.5. The molecular formula is C16H29N6O4+. The number of nitrogens with one attached hydrogen (secondary N) is 1. The smallest absolute Gasteiger partial charge is 0.338 e. The first-order valence-corrected chi connectivity index (χ1v) is 9.09. The standard InChI is InChI=1S/C16H28N6O4/c17-10(4-1-7-20-16(18)19)13(23)21-8-2-5-11(21)14(24)22-9-3-6-12(22)15(25)26/h10-12H,1-9,17H2,(H,25,26)(H4,18,19,20)/p+1/t10-,11-,12-/m0/s1. The molecule has 3 atom stereocenters. The molecule has 2 rings (SSSR count). The molecule has 0 aromatic rings. The molecule has 0 aromatic heterocycles. The number of guanidine groups is 1. The van der Waals surface area contributed by atoms with Crippen LogP contribution >= 0.6 is 0 Å². The Morgan fingerprint density at radius 3 is 2.35 bits per heavy atom. The van der Waals surface area contributed by atoms with E-state index in [1.807, 2.05) is 0 Å². The maximum atomic E-state index is 12.8. The number of carboxylic acid groups (broad SMARTS) is 1. The van der Waals surface area contributed by atoms with Crippen LogP contribution in [0.25, 0.3) is 0 Å². The lowest BCUT2D eigenvalue weighted by molar-refractivity contribution is -0.463. The van der Waals surface area contributed by atoms with Crippen molar-refractivity contribution in [2.75, 3.05) is 19.6 Å². The molecule has 2 saturated heterocycles. The first kappa shape index (κ1) is 20.0. The number of hydrogen-bond donors (Lipinski definition) is 4. The molecule has 0 radical (unpaired) electrons. The minimum absolute atomic E-state index is 0.134. The van der Waals surface area contributed by atoms with Crippen molar-refractivity contribution in [1.82, 2.24) is 9.80 Å². The van der Waals surface area contributed by atoms with Crippen molar-refractivity contribution >= 4 is 23.7 Å². The topological polar surface area (TPSA) is 174 Å². The number of rotatable bonds is 7. The van der Waals surface area contributed by atoms with Crippen LogP contribution < -0.4 is 27.3 Å². The third-order valence-corrected chi connectivity index (χ3v) is 5.04. The molecule has 0 aliphatic carbocycles.